The van der Waals surface area contributed by atoms with Crippen molar-refractivity contribution in [3.8, 4) is 5.75 Å². The number of hydrogen-bond acceptors (Lipinski definition) is 3. The van der Waals surface area contributed by atoms with E-state index in [0.29, 0.717) is 32.3 Å². The van der Waals surface area contributed by atoms with E-state index in [1.54, 1.807) is 20.2 Å². The van der Waals surface area contributed by atoms with Gasteiger partial charge in [-0.1, -0.05) is 30.3 Å². The normalized spacial score (nSPS) is 14.7. The van der Waals surface area contributed by atoms with Gasteiger partial charge in [0.15, 0.2) is 5.96 Å². The molecule has 0 amide bonds. The third kappa shape index (κ3) is 6.57. The highest BCUT2D eigenvalue weighted by molar-refractivity contribution is 14.0. The molecule has 3 rings (SSSR count). The molecule has 0 radical (unpaired) electrons. The molecule has 1 aliphatic rings. The second kappa shape index (κ2) is 11.3. The number of halogens is 2. The van der Waals surface area contributed by atoms with E-state index in [0.717, 1.165) is 29.7 Å². The van der Waals surface area contributed by atoms with Crippen molar-refractivity contribution in [1.82, 2.24) is 10.6 Å². The third-order valence-corrected chi connectivity index (χ3v) is 5.06. The maximum atomic E-state index is 14.1. The van der Waals surface area contributed by atoms with E-state index in [4.69, 9.17) is 9.47 Å². The summed E-state index contributed by atoms with van der Waals surface area (Å²) in [7, 11) is 3.39. The molecule has 0 spiro atoms. The van der Waals surface area contributed by atoms with Gasteiger partial charge in [-0.15, -0.1) is 24.0 Å². The van der Waals surface area contributed by atoms with E-state index in [2.05, 4.69) is 15.6 Å². The molecule has 0 saturated heterocycles. The highest BCUT2D eigenvalue weighted by atomic mass is 127. The quantitative estimate of drug-likeness (QED) is 0.232. The molecule has 29 heavy (non-hydrogen) atoms. The fraction of sp³-hybridized carbons (Fsp3) is 0.409. The van der Waals surface area contributed by atoms with Gasteiger partial charge in [0, 0.05) is 32.7 Å². The molecule has 2 aromatic carbocycles. The first kappa shape index (κ1) is 23.4. The van der Waals surface area contributed by atoms with E-state index in [1.165, 1.54) is 6.07 Å². The van der Waals surface area contributed by atoms with Gasteiger partial charge in [-0.05, 0) is 42.2 Å². The molecule has 0 aliphatic heterocycles. The highest BCUT2D eigenvalue weighted by Crippen LogP contribution is 2.48. The fourth-order valence-electron chi connectivity index (χ4n) is 3.19. The van der Waals surface area contributed by atoms with Crippen LogP contribution in [0.25, 0.3) is 0 Å². The number of aliphatic imine (C=N–C) groups is 1. The zero-order valence-corrected chi connectivity index (χ0v) is 19.2. The fourth-order valence-corrected chi connectivity index (χ4v) is 3.19. The lowest BCUT2D eigenvalue weighted by Gasteiger charge is -2.19. The van der Waals surface area contributed by atoms with Gasteiger partial charge in [0.2, 0.25) is 0 Å². The van der Waals surface area contributed by atoms with Crippen LogP contribution in [0.4, 0.5) is 4.39 Å². The van der Waals surface area contributed by atoms with Gasteiger partial charge < -0.3 is 20.1 Å². The number of methoxy groups -OCH3 is 1. The van der Waals surface area contributed by atoms with Crippen LogP contribution >= 0.6 is 24.0 Å². The van der Waals surface area contributed by atoms with Crippen LogP contribution in [0.1, 0.15) is 24.0 Å². The molecule has 0 unspecified atom stereocenters. The van der Waals surface area contributed by atoms with Crippen LogP contribution in [0.2, 0.25) is 0 Å². The maximum absolute atomic E-state index is 14.1. The van der Waals surface area contributed by atoms with Crippen LogP contribution in [-0.4, -0.2) is 39.9 Å². The Morgan fingerprint density at radius 3 is 2.41 bits per heavy atom. The van der Waals surface area contributed by atoms with Crippen LogP contribution in [0.15, 0.2) is 53.5 Å². The summed E-state index contributed by atoms with van der Waals surface area (Å²) < 4.78 is 24.7. The molecular weight excluding hydrogens is 484 g/mol. The number of hydrogen-bond donors (Lipinski definition) is 2. The van der Waals surface area contributed by atoms with E-state index in [1.807, 2.05) is 36.4 Å². The van der Waals surface area contributed by atoms with Crippen LogP contribution < -0.4 is 15.4 Å². The number of nitrogens with zero attached hydrogens (tertiary/aromatic N) is 1. The molecule has 7 heteroatoms. The summed E-state index contributed by atoms with van der Waals surface area (Å²) in [6.45, 7) is 2.42. The van der Waals surface area contributed by atoms with Crippen LogP contribution in [0.5, 0.6) is 5.75 Å². The molecule has 1 saturated carbocycles. The maximum Gasteiger partial charge on any atom is 0.191 e. The number of nitrogens with one attached hydrogen (secondary N) is 2. The Labute approximate surface area is 189 Å². The van der Waals surface area contributed by atoms with Crippen molar-refractivity contribution in [2.24, 2.45) is 4.99 Å². The molecular formula is C22H29FIN3O2. The van der Waals surface area contributed by atoms with Crippen molar-refractivity contribution < 1.29 is 13.9 Å². The summed E-state index contributed by atoms with van der Waals surface area (Å²) in [5, 5.41) is 6.66. The summed E-state index contributed by atoms with van der Waals surface area (Å²) in [4.78, 5) is 4.28. The Bertz CT molecular complexity index is 795. The summed E-state index contributed by atoms with van der Waals surface area (Å²) in [5.41, 5.74) is 1.80. The molecule has 158 valence electrons. The number of rotatable bonds is 9. The van der Waals surface area contributed by atoms with Gasteiger partial charge in [0.05, 0.1) is 6.61 Å². The monoisotopic (exact) mass is 513 g/mol. The van der Waals surface area contributed by atoms with E-state index in [9.17, 15) is 4.39 Å². The Morgan fingerprint density at radius 2 is 1.79 bits per heavy atom. The zero-order chi connectivity index (χ0) is 19.8. The van der Waals surface area contributed by atoms with Gasteiger partial charge in [0.1, 0.15) is 18.2 Å². The summed E-state index contributed by atoms with van der Waals surface area (Å²) in [6, 6.07) is 15.0. The van der Waals surface area contributed by atoms with Crippen molar-refractivity contribution in [3.63, 3.8) is 0 Å². The number of ether oxygens (including phenoxy) is 2. The number of benzene rings is 2. The minimum atomic E-state index is -0.127. The van der Waals surface area contributed by atoms with Gasteiger partial charge in [0.25, 0.3) is 0 Å². The standard InChI is InChI=1S/C22H28FN3O2.HI/c1-24-21(25-15-17-7-9-18(10-8-17)28-14-13-27-2)26-16-22(11-12-22)19-5-3-4-6-20(19)23;/h3-10H,11-16H2,1-2H3,(H2,24,25,26);1H. The Balaban J connectivity index is 0.00000300. The molecule has 0 bridgehead atoms. The zero-order valence-electron chi connectivity index (χ0n) is 16.9. The third-order valence-electron chi connectivity index (χ3n) is 5.06. The second-order valence-corrected chi connectivity index (χ2v) is 7.02. The minimum Gasteiger partial charge on any atom is -0.491 e. The van der Waals surface area contributed by atoms with Crippen molar-refractivity contribution in [3.05, 3.63) is 65.5 Å². The highest BCUT2D eigenvalue weighted by Gasteiger charge is 2.45. The van der Waals surface area contributed by atoms with Crippen molar-refractivity contribution in [1.29, 1.82) is 0 Å². The first-order valence-corrected chi connectivity index (χ1v) is 9.57. The minimum absolute atomic E-state index is 0. The molecule has 0 atom stereocenters. The molecule has 5 nitrogen and oxygen atoms in total. The SMILES string of the molecule is CN=C(NCc1ccc(OCCOC)cc1)NCC1(c2ccccc2F)CC1.I. The number of guanidine groups is 1. The second-order valence-electron chi connectivity index (χ2n) is 7.02. The van der Waals surface area contributed by atoms with Crippen molar-refractivity contribution in [2.45, 2.75) is 24.8 Å². The Kier molecular flexibility index (Phi) is 9.16. The molecule has 1 fully saturated rings. The largest absolute Gasteiger partial charge is 0.491 e. The van der Waals surface area contributed by atoms with Crippen molar-refractivity contribution in [2.75, 3.05) is 33.9 Å². The van der Waals surface area contributed by atoms with Crippen molar-refractivity contribution >= 4 is 29.9 Å². The summed E-state index contributed by atoms with van der Waals surface area (Å²) in [5.74, 6) is 1.41. The molecule has 1 aliphatic carbocycles. The average Bonchev–Trinajstić information content (AvgIpc) is 3.50. The topological polar surface area (TPSA) is 54.9 Å². The molecule has 2 aromatic rings. The van der Waals surface area contributed by atoms with Crippen LogP contribution in [0, 0.1) is 5.82 Å². The smallest absolute Gasteiger partial charge is 0.191 e. The van der Waals surface area contributed by atoms with E-state index < -0.39 is 0 Å². The first-order valence-electron chi connectivity index (χ1n) is 9.57. The molecule has 0 aromatic heterocycles. The molecule has 2 N–H and O–H groups in total. The Morgan fingerprint density at radius 1 is 1.07 bits per heavy atom. The van der Waals surface area contributed by atoms with E-state index in [-0.39, 0.29) is 35.2 Å². The van der Waals surface area contributed by atoms with Gasteiger partial charge in [-0.25, -0.2) is 4.39 Å². The summed E-state index contributed by atoms with van der Waals surface area (Å²) >= 11 is 0. The first-order chi connectivity index (χ1) is 13.7. The van der Waals surface area contributed by atoms with Crippen LogP contribution in [0.3, 0.4) is 0 Å². The Hall–Kier alpha value is -1.87. The average molecular weight is 513 g/mol. The van der Waals surface area contributed by atoms with Gasteiger partial charge in [-0.2, -0.15) is 0 Å². The predicted molar refractivity (Wildman–Crippen MR) is 125 cm³/mol. The van der Waals surface area contributed by atoms with Gasteiger partial charge >= 0.3 is 0 Å². The van der Waals surface area contributed by atoms with E-state index >= 15 is 0 Å². The molecule has 0 heterocycles. The summed E-state index contributed by atoms with van der Waals surface area (Å²) in [6.07, 6.45) is 1.98. The van der Waals surface area contributed by atoms with Gasteiger partial charge in [-0.3, -0.25) is 4.99 Å². The lowest BCUT2D eigenvalue weighted by Crippen LogP contribution is -2.41. The van der Waals surface area contributed by atoms with Crippen LogP contribution in [-0.2, 0) is 16.7 Å². The lowest BCUT2D eigenvalue weighted by atomic mass is 9.95. The lowest BCUT2D eigenvalue weighted by molar-refractivity contribution is 0.146. The predicted octanol–water partition coefficient (Wildman–Crippen LogP) is 3.87.